The van der Waals surface area contributed by atoms with Crippen molar-refractivity contribution in [1.29, 1.82) is 0 Å². The molecular formula is C17H20FNO. The molecule has 0 N–H and O–H groups in total. The summed E-state index contributed by atoms with van der Waals surface area (Å²) < 4.78 is 15.7. The molecule has 2 nitrogen and oxygen atoms in total. The number of allylic oxidation sites excluding steroid dienone is 2. The summed E-state index contributed by atoms with van der Waals surface area (Å²) in [4.78, 5) is 10.6. The molecule has 0 atom stereocenters. The summed E-state index contributed by atoms with van der Waals surface area (Å²) in [6.07, 6.45) is 0.261. The standard InChI is InChI=1S/C17H20FNO/c1-10(2)19-13(5)11(3)15-8-14(6-7-17(15)19)12(4)16(18)9-20/h6-10H,1-5H3/b16-12+. The molecule has 0 spiro atoms. The van der Waals surface area contributed by atoms with Crippen LogP contribution in [0.15, 0.2) is 24.0 Å². The molecule has 0 amide bonds. The van der Waals surface area contributed by atoms with Gasteiger partial charge >= 0.3 is 0 Å². The Balaban J connectivity index is 2.74. The molecule has 0 saturated heterocycles. The monoisotopic (exact) mass is 273 g/mol. The number of carbonyl (C=O) groups excluding carboxylic acids is 1. The molecule has 0 radical (unpaired) electrons. The predicted octanol–water partition coefficient (Wildman–Crippen LogP) is 4.74. The van der Waals surface area contributed by atoms with Crippen molar-refractivity contribution < 1.29 is 9.18 Å². The van der Waals surface area contributed by atoms with Gasteiger partial charge in [-0.15, -0.1) is 0 Å². The number of aryl methyl sites for hydroxylation is 1. The second-order valence-corrected chi connectivity index (χ2v) is 5.50. The van der Waals surface area contributed by atoms with Crippen LogP contribution in [-0.2, 0) is 4.79 Å². The Bertz CT molecular complexity index is 707. The van der Waals surface area contributed by atoms with Crippen LogP contribution in [0, 0.1) is 13.8 Å². The van der Waals surface area contributed by atoms with E-state index in [0.717, 1.165) is 16.5 Å². The average Bonchev–Trinajstić information content (AvgIpc) is 2.69. The van der Waals surface area contributed by atoms with Crippen molar-refractivity contribution in [3.8, 4) is 0 Å². The van der Waals surface area contributed by atoms with E-state index in [1.54, 1.807) is 6.92 Å². The van der Waals surface area contributed by atoms with E-state index in [2.05, 4.69) is 32.3 Å². The van der Waals surface area contributed by atoms with Crippen molar-refractivity contribution in [2.24, 2.45) is 0 Å². The number of aldehydes is 1. The van der Waals surface area contributed by atoms with Crippen LogP contribution >= 0.6 is 0 Å². The SMILES string of the molecule is C/C(=C(\F)C=O)c1ccc2c(c1)c(C)c(C)n2C(C)C. The average molecular weight is 273 g/mol. The molecule has 0 bridgehead atoms. The maximum atomic E-state index is 13.4. The van der Waals surface area contributed by atoms with E-state index in [1.807, 2.05) is 18.2 Å². The molecule has 106 valence electrons. The molecule has 1 heterocycles. The second kappa shape index (κ2) is 5.23. The zero-order valence-corrected chi connectivity index (χ0v) is 12.6. The lowest BCUT2D eigenvalue weighted by molar-refractivity contribution is -0.106. The van der Waals surface area contributed by atoms with Crippen molar-refractivity contribution in [1.82, 2.24) is 4.57 Å². The van der Waals surface area contributed by atoms with E-state index in [-0.39, 0.29) is 6.29 Å². The molecule has 0 aliphatic carbocycles. The van der Waals surface area contributed by atoms with Crippen molar-refractivity contribution >= 4 is 22.8 Å². The largest absolute Gasteiger partial charge is 0.342 e. The van der Waals surface area contributed by atoms with E-state index in [0.29, 0.717) is 11.6 Å². The highest BCUT2D eigenvalue weighted by Gasteiger charge is 2.14. The van der Waals surface area contributed by atoms with Gasteiger partial charge in [0.15, 0.2) is 12.1 Å². The number of hydrogen-bond donors (Lipinski definition) is 0. The molecule has 0 unspecified atom stereocenters. The van der Waals surface area contributed by atoms with Crippen LogP contribution in [-0.4, -0.2) is 10.9 Å². The summed E-state index contributed by atoms with van der Waals surface area (Å²) in [5.74, 6) is -0.706. The number of hydrogen-bond acceptors (Lipinski definition) is 1. The normalized spacial score (nSPS) is 12.9. The van der Waals surface area contributed by atoms with E-state index in [1.165, 1.54) is 11.3 Å². The zero-order valence-electron chi connectivity index (χ0n) is 12.6. The highest BCUT2D eigenvalue weighted by Crippen LogP contribution is 2.31. The van der Waals surface area contributed by atoms with Gasteiger partial charge in [-0.1, -0.05) is 6.07 Å². The van der Waals surface area contributed by atoms with Gasteiger partial charge in [-0.25, -0.2) is 4.39 Å². The Kier molecular flexibility index (Phi) is 3.80. The fraction of sp³-hybridized carbons (Fsp3) is 0.353. The van der Waals surface area contributed by atoms with Crippen LogP contribution in [0.4, 0.5) is 4.39 Å². The van der Waals surface area contributed by atoms with E-state index in [9.17, 15) is 9.18 Å². The van der Waals surface area contributed by atoms with Crippen LogP contribution in [0.3, 0.4) is 0 Å². The first-order chi connectivity index (χ1) is 9.38. The predicted molar refractivity (Wildman–Crippen MR) is 81.6 cm³/mol. The zero-order chi connectivity index (χ0) is 15.0. The first-order valence-electron chi connectivity index (χ1n) is 6.81. The van der Waals surface area contributed by atoms with Gasteiger partial charge in [-0.3, -0.25) is 4.79 Å². The summed E-state index contributed by atoms with van der Waals surface area (Å²) in [5.41, 5.74) is 4.72. The maximum Gasteiger partial charge on any atom is 0.178 e. The summed E-state index contributed by atoms with van der Waals surface area (Å²) in [6, 6.07) is 6.22. The molecule has 1 aromatic heterocycles. The Morgan fingerprint density at radius 1 is 1.30 bits per heavy atom. The summed E-state index contributed by atoms with van der Waals surface area (Å²) in [7, 11) is 0. The third-order valence-corrected chi connectivity index (χ3v) is 3.98. The van der Waals surface area contributed by atoms with Crippen molar-refractivity contribution in [2.75, 3.05) is 0 Å². The Hall–Kier alpha value is -1.90. The Morgan fingerprint density at radius 2 is 1.95 bits per heavy atom. The third kappa shape index (κ3) is 2.17. The van der Waals surface area contributed by atoms with Gasteiger partial charge in [-0.2, -0.15) is 0 Å². The third-order valence-electron chi connectivity index (χ3n) is 3.98. The fourth-order valence-corrected chi connectivity index (χ4v) is 2.73. The molecule has 20 heavy (non-hydrogen) atoms. The van der Waals surface area contributed by atoms with Gasteiger partial charge in [0.05, 0.1) is 0 Å². The van der Waals surface area contributed by atoms with Gasteiger partial charge in [0.2, 0.25) is 0 Å². The lowest BCUT2D eigenvalue weighted by Crippen LogP contribution is -2.02. The van der Waals surface area contributed by atoms with Crippen LogP contribution in [0.25, 0.3) is 16.5 Å². The second-order valence-electron chi connectivity index (χ2n) is 5.50. The quantitative estimate of drug-likeness (QED) is 0.585. The smallest absolute Gasteiger partial charge is 0.178 e. The van der Waals surface area contributed by atoms with Gasteiger partial charge < -0.3 is 4.57 Å². The molecule has 2 aromatic rings. The molecule has 1 aromatic carbocycles. The number of aromatic nitrogens is 1. The summed E-state index contributed by atoms with van der Waals surface area (Å²) in [6.45, 7) is 10.1. The van der Waals surface area contributed by atoms with Crippen LogP contribution in [0.5, 0.6) is 0 Å². The lowest BCUT2D eigenvalue weighted by atomic mass is 10.0. The molecule has 3 heteroatoms. The van der Waals surface area contributed by atoms with Crippen LogP contribution < -0.4 is 0 Å². The minimum absolute atomic E-state index is 0.261. The number of carbonyl (C=O) groups is 1. The van der Waals surface area contributed by atoms with Gasteiger partial charge in [0.1, 0.15) is 0 Å². The molecule has 0 aliphatic rings. The molecule has 0 aliphatic heterocycles. The maximum absolute atomic E-state index is 13.4. The van der Waals surface area contributed by atoms with Crippen molar-refractivity contribution in [2.45, 2.75) is 40.7 Å². The fourth-order valence-electron chi connectivity index (χ4n) is 2.73. The highest BCUT2D eigenvalue weighted by molar-refractivity contribution is 5.91. The molecule has 2 rings (SSSR count). The van der Waals surface area contributed by atoms with Crippen molar-refractivity contribution in [3.63, 3.8) is 0 Å². The molecular weight excluding hydrogens is 253 g/mol. The number of nitrogens with zero attached hydrogens (tertiary/aromatic N) is 1. The van der Waals surface area contributed by atoms with Crippen LogP contribution in [0.1, 0.15) is 43.6 Å². The van der Waals surface area contributed by atoms with Gasteiger partial charge in [0.25, 0.3) is 0 Å². The van der Waals surface area contributed by atoms with Crippen LogP contribution in [0.2, 0.25) is 0 Å². The minimum atomic E-state index is -0.706. The topological polar surface area (TPSA) is 22.0 Å². The Labute approximate surface area is 118 Å². The van der Waals surface area contributed by atoms with Gasteiger partial charge in [-0.05, 0) is 63.5 Å². The minimum Gasteiger partial charge on any atom is -0.342 e. The Morgan fingerprint density at radius 3 is 2.50 bits per heavy atom. The highest BCUT2D eigenvalue weighted by atomic mass is 19.1. The summed E-state index contributed by atoms with van der Waals surface area (Å²) in [5, 5.41) is 1.12. The number of halogens is 1. The number of benzene rings is 1. The first-order valence-corrected chi connectivity index (χ1v) is 6.81. The number of rotatable bonds is 3. The lowest BCUT2D eigenvalue weighted by Gasteiger charge is -2.12. The molecule has 0 fully saturated rings. The van der Waals surface area contributed by atoms with E-state index < -0.39 is 5.83 Å². The first kappa shape index (κ1) is 14.5. The molecule has 0 saturated carbocycles. The van der Waals surface area contributed by atoms with E-state index in [4.69, 9.17) is 0 Å². The van der Waals surface area contributed by atoms with E-state index >= 15 is 0 Å². The van der Waals surface area contributed by atoms with Gasteiger partial charge in [0, 0.05) is 22.6 Å². The van der Waals surface area contributed by atoms with Crippen molar-refractivity contribution in [3.05, 3.63) is 40.8 Å². The summed E-state index contributed by atoms with van der Waals surface area (Å²) >= 11 is 0. The number of fused-ring (bicyclic) bond motifs is 1.